The van der Waals surface area contributed by atoms with Gasteiger partial charge in [-0.15, -0.1) is 0 Å². The fraction of sp³-hybridized carbons (Fsp3) is 0.385. The summed E-state index contributed by atoms with van der Waals surface area (Å²) in [5, 5.41) is 4.01. The van der Waals surface area contributed by atoms with Crippen LogP contribution in [-0.2, 0) is 26.4 Å². The van der Waals surface area contributed by atoms with E-state index in [4.69, 9.17) is 0 Å². The second-order valence-electron chi connectivity index (χ2n) is 5.52. The van der Waals surface area contributed by atoms with Gasteiger partial charge in [-0.2, -0.15) is 5.10 Å². The minimum Gasteiger partial charge on any atom is -0.248 e. The van der Waals surface area contributed by atoms with Crippen LogP contribution in [0, 0.1) is 5.82 Å². The van der Waals surface area contributed by atoms with Gasteiger partial charge in [-0.05, 0) is 31.0 Å². The topological polar surface area (TPSA) is 111 Å². The van der Waals surface area contributed by atoms with E-state index in [9.17, 15) is 21.2 Å². The van der Waals surface area contributed by atoms with Crippen LogP contribution in [0.5, 0.6) is 0 Å². The van der Waals surface area contributed by atoms with E-state index in [-0.39, 0.29) is 4.90 Å². The molecule has 1 aromatic carbocycles. The van der Waals surface area contributed by atoms with Crippen molar-refractivity contribution in [1.82, 2.24) is 19.5 Å². The van der Waals surface area contributed by atoms with E-state index < -0.39 is 36.6 Å². The predicted molar refractivity (Wildman–Crippen MR) is 81.8 cm³/mol. The van der Waals surface area contributed by atoms with Gasteiger partial charge >= 0.3 is 0 Å². The van der Waals surface area contributed by atoms with Gasteiger partial charge in [0.1, 0.15) is 22.9 Å². The number of halogens is 1. The largest absolute Gasteiger partial charge is 0.248 e. The van der Waals surface area contributed by atoms with Crippen molar-refractivity contribution in [3.05, 3.63) is 36.2 Å². The van der Waals surface area contributed by atoms with Gasteiger partial charge in [0.15, 0.2) is 9.84 Å². The highest BCUT2D eigenvalue weighted by Crippen LogP contribution is 2.26. The van der Waals surface area contributed by atoms with E-state index in [0.717, 1.165) is 30.9 Å². The lowest BCUT2D eigenvalue weighted by Crippen LogP contribution is -2.33. The maximum absolute atomic E-state index is 13.7. The monoisotopic (exact) mass is 374 g/mol. The van der Waals surface area contributed by atoms with E-state index in [1.54, 1.807) is 4.68 Å². The predicted octanol–water partition coefficient (Wildman–Crippen LogP) is 0.634. The SMILES string of the molecule is CS(=O)(=O)c1cc(S(=O)(=O)N[C@@H]2CCCn3ncnc32)ccc1F. The molecule has 8 nitrogen and oxygen atoms in total. The molecule has 0 fully saturated rings. The normalized spacial score (nSPS) is 18.3. The van der Waals surface area contributed by atoms with Crippen molar-refractivity contribution in [3.8, 4) is 0 Å². The van der Waals surface area contributed by atoms with Crippen molar-refractivity contribution in [3.63, 3.8) is 0 Å². The van der Waals surface area contributed by atoms with Gasteiger partial charge < -0.3 is 0 Å². The number of aryl methyl sites for hydroxylation is 1. The fourth-order valence-corrected chi connectivity index (χ4v) is 4.68. The van der Waals surface area contributed by atoms with E-state index in [1.165, 1.54) is 6.33 Å². The number of hydrogen-bond donors (Lipinski definition) is 1. The Bertz CT molecular complexity index is 985. The molecule has 0 radical (unpaired) electrons. The number of hydrogen-bond acceptors (Lipinski definition) is 6. The number of benzene rings is 1. The Kier molecular flexibility index (Phi) is 4.18. The summed E-state index contributed by atoms with van der Waals surface area (Å²) < 4.78 is 66.0. The second-order valence-corrected chi connectivity index (χ2v) is 9.22. The van der Waals surface area contributed by atoms with Crippen molar-refractivity contribution in [2.24, 2.45) is 0 Å². The minimum atomic E-state index is -4.04. The first-order valence-corrected chi connectivity index (χ1v) is 10.5. The smallest absolute Gasteiger partial charge is 0.241 e. The molecule has 1 aliphatic rings. The van der Waals surface area contributed by atoms with Gasteiger partial charge in [-0.3, -0.25) is 0 Å². The van der Waals surface area contributed by atoms with Crippen LogP contribution >= 0.6 is 0 Å². The number of sulfone groups is 1. The Hall–Kier alpha value is -1.85. The number of rotatable bonds is 4. The van der Waals surface area contributed by atoms with Crippen LogP contribution in [0.25, 0.3) is 0 Å². The molecular formula is C13H15FN4O4S2. The van der Waals surface area contributed by atoms with Crippen molar-refractivity contribution >= 4 is 19.9 Å². The third-order valence-corrected chi connectivity index (χ3v) is 6.31. The molecule has 2 aromatic rings. The minimum absolute atomic E-state index is 0.319. The van der Waals surface area contributed by atoms with E-state index in [0.29, 0.717) is 18.8 Å². The first-order valence-electron chi connectivity index (χ1n) is 7.08. The van der Waals surface area contributed by atoms with Crippen LogP contribution < -0.4 is 4.72 Å². The maximum atomic E-state index is 13.7. The van der Waals surface area contributed by atoms with Crippen LogP contribution in [0.1, 0.15) is 24.7 Å². The third-order valence-electron chi connectivity index (χ3n) is 3.73. The molecule has 0 aliphatic carbocycles. The van der Waals surface area contributed by atoms with Gasteiger partial charge in [0, 0.05) is 12.8 Å². The average molecular weight is 374 g/mol. The Morgan fingerprint density at radius 3 is 2.75 bits per heavy atom. The zero-order chi connectivity index (χ0) is 17.5. The highest BCUT2D eigenvalue weighted by Gasteiger charge is 2.28. The lowest BCUT2D eigenvalue weighted by atomic mass is 10.1. The Morgan fingerprint density at radius 2 is 2.04 bits per heavy atom. The Balaban J connectivity index is 1.96. The van der Waals surface area contributed by atoms with Gasteiger partial charge in [0.25, 0.3) is 0 Å². The first kappa shape index (κ1) is 17.0. The molecule has 0 unspecified atom stereocenters. The second kappa shape index (κ2) is 5.90. The first-order chi connectivity index (χ1) is 11.2. The molecule has 11 heteroatoms. The Morgan fingerprint density at radius 1 is 1.29 bits per heavy atom. The molecule has 24 heavy (non-hydrogen) atoms. The van der Waals surface area contributed by atoms with Gasteiger partial charge in [-0.25, -0.2) is 35.6 Å². The number of nitrogens with zero attached hydrogens (tertiary/aromatic N) is 3. The molecule has 130 valence electrons. The fourth-order valence-electron chi connectivity index (χ4n) is 2.59. The number of aromatic nitrogens is 3. The quantitative estimate of drug-likeness (QED) is 0.840. The van der Waals surface area contributed by atoms with Gasteiger partial charge in [0.05, 0.1) is 10.9 Å². The molecule has 0 spiro atoms. The molecule has 3 rings (SSSR count). The molecule has 1 aromatic heterocycles. The van der Waals surface area contributed by atoms with Crippen molar-refractivity contribution in [2.45, 2.75) is 35.2 Å². The van der Waals surface area contributed by atoms with E-state index in [2.05, 4.69) is 14.8 Å². The highest BCUT2D eigenvalue weighted by molar-refractivity contribution is 7.91. The summed E-state index contributed by atoms with van der Waals surface area (Å²) >= 11 is 0. The Labute approximate surface area is 138 Å². The zero-order valence-electron chi connectivity index (χ0n) is 12.7. The standard InChI is InChI=1S/C13H15FN4O4S2/c1-23(19,20)12-7-9(4-5-10(12)14)24(21,22)17-11-3-2-6-18-13(11)15-8-16-18/h4-5,7-8,11,17H,2-3,6H2,1H3/t11-/m1/s1. The molecular weight excluding hydrogens is 359 g/mol. The molecule has 0 saturated heterocycles. The summed E-state index contributed by atoms with van der Waals surface area (Å²) in [7, 11) is -7.93. The molecule has 0 bridgehead atoms. The van der Waals surface area contributed by atoms with Crippen molar-refractivity contribution < 1.29 is 21.2 Å². The van der Waals surface area contributed by atoms with E-state index in [1.807, 2.05) is 0 Å². The molecule has 1 atom stereocenters. The number of fused-ring (bicyclic) bond motifs is 1. The van der Waals surface area contributed by atoms with Gasteiger partial charge in [0.2, 0.25) is 10.0 Å². The maximum Gasteiger partial charge on any atom is 0.241 e. The van der Waals surface area contributed by atoms with E-state index >= 15 is 0 Å². The van der Waals surface area contributed by atoms with Gasteiger partial charge in [-0.1, -0.05) is 0 Å². The van der Waals surface area contributed by atoms with Crippen LogP contribution in [0.2, 0.25) is 0 Å². The van der Waals surface area contributed by atoms with Crippen LogP contribution in [0.15, 0.2) is 34.3 Å². The summed E-state index contributed by atoms with van der Waals surface area (Å²) in [4.78, 5) is 3.08. The van der Waals surface area contributed by atoms with Crippen molar-refractivity contribution in [1.29, 1.82) is 0 Å². The number of sulfonamides is 1. The summed E-state index contributed by atoms with van der Waals surface area (Å²) in [6, 6.07) is 2.10. The molecule has 2 heterocycles. The number of nitrogens with one attached hydrogen (secondary N) is 1. The zero-order valence-corrected chi connectivity index (χ0v) is 14.3. The molecule has 1 aliphatic heterocycles. The molecule has 1 N–H and O–H groups in total. The lowest BCUT2D eigenvalue weighted by Gasteiger charge is -2.23. The summed E-state index contributed by atoms with van der Waals surface area (Å²) in [6.45, 7) is 0.655. The average Bonchev–Trinajstić information content (AvgIpc) is 2.95. The van der Waals surface area contributed by atoms with Crippen molar-refractivity contribution in [2.75, 3.05) is 6.26 Å². The summed E-state index contributed by atoms with van der Waals surface area (Å²) in [5.41, 5.74) is 0. The summed E-state index contributed by atoms with van der Waals surface area (Å²) in [5.74, 6) is -0.496. The molecule has 0 amide bonds. The van der Waals surface area contributed by atoms with Crippen LogP contribution in [-0.4, -0.2) is 37.9 Å². The van der Waals surface area contributed by atoms with Crippen LogP contribution in [0.4, 0.5) is 4.39 Å². The highest BCUT2D eigenvalue weighted by atomic mass is 32.2. The lowest BCUT2D eigenvalue weighted by molar-refractivity contribution is 0.400. The van der Waals surface area contributed by atoms with Crippen LogP contribution in [0.3, 0.4) is 0 Å². The summed E-state index contributed by atoms with van der Waals surface area (Å²) in [6.07, 6.45) is 3.43. The molecule has 0 saturated carbocycles. The third kappa shape index (κ3) is 3.19.